The molecular weight excluding hydrogens is 268 g/mol. The fourth-order valence-corrected chi connectivity index (χ4v) is 2.72. The van der Waals surface area contributed by atoms with Crippen molar-refractivity contribution in [3.05, 3.63) is 24.3 Å². The van der Waals surface area contributed by atoms with E-state index >= 15 is 0 Å². The van der Waals surface area contributed by atoms with Crippen LogP contribution in [0.5, 0.6) is 0 Å². The van der Waals surface area contributed by atoms with Crippen molar-refractivity contribution in [2.45, 2.75) is 96.8 Å². The maximum absolute atomic E-state index is 11.5. The molecule has 1 heteroatoms. The van der Waals surface area contributed by atoms with Crippen molar-refractivity contribution < 1.29 is 4.79 Å². The average Bonchev–Trinajstić information content (AvgIpc) is 3.36. The highest BCUT2D eigenvalue weighted by Crippen LogP contribution is 2.31. The predicted molar refractivity (Wildman–Crippen MR) is 97.1 cm³/mol. The van der Waals surface area contributed by atoms with Gasteiger partial charge in [0.1, 0.15) is 5.78 Å². The van der Waals surface area contributed by atoms with Crippen molar-refractivity contribution in [3.63, 3.8) is 0 Å². The van der Waals surface area contributed by atoms with E-state index in [1.54, 1.807) is 0 Å². The maximum atomic E-state index is 11.5. The number of allylic oxidation sites excluding steroid dienone is 4. The van der Waals surface area contributed by atoms with Crippen molar-refractivity contribution in [3.8, 4) is 0 Å². The Morgan fingerprint density at radius 2 is 1.41 bits per heavy atom. The second-order valence-electron chi connectivity index (χ2n) is 6.72. The van der Waals surface area contributed by atoms with E-state index in [0.717, 1.165) is 19.3 Å². The zero-order chi connectivity index (χ0) is 15.9. The molecule has 1 saturated carbocycles. The van der Waals surface area contributed by atoms with Gasteiger partial charge in [-0.25, -0.2) is 0 Å². The topological polar surface area (TPSA) is 17.1 Å². The highest BCUT2D eigenvalue weighted by atomic mass is 16.1. The standard InChI is InChI=1S/C21H36O/c1-2-3-4-5-6-7-8-9-10-11-12-13-14-15-16-17-21(22)20-18-19-20/h6-7,9-10,20H,2-5,8,11-19H2,1H3/b7-6-,10-9-. The summed E-state index contributed by atoms with van der Waals surface area (Å²) in [4.78, 5) is 11.5. The Balaban J connectivity index is 1.76. The molecule has 0 saturated heterocycles. The smallest absolute Gasteiger partial charge is 0.135 e. The summed E-state index contributed by atoms with van der Waals surface area (Å²) < 4.78 is 0. The first kappa shape index (κ1) is 19.2. The summed E-state index contributed by atoms with van der Waals surface area (Å²) in [6.45, 7) is 2.25. The van der Waals surface area contributed by atoms with E-state index in [4.69, 9.17) is 0 Å². The number of carbonyl (C=O) groups excluding carboxylic acids is 1. The molecule has 0 amide bonds. The molecule has 1 aliphatic rings. The maximum Gasteiger partial charge on any atom is 0.135 e. The zero-order valence-corrected chi connectivity index (χ0v) is 14.7. The minimum Gasteiger partial charge on any atom is -0.299 e. The van der Waals surface area contributed by atoms with Gasteiger partial charge in [0, 0.05) is 12.3 Å². The molecule has 1 rings (SSSR count). The number of unbranched alkanes of at least 4 members (excludes halogenated alkanes) is 8. The highest BCUT2D eigenvalue weighted by Gasteiger charge is 2.28. The second-order valence-corrected chi connectivity index (χ2v) is 6.72. The van der Waals surface area contributed by atoms with Crippen LogP contribution in [0.4, 0.5) is 0 Å². The van der Waals surface area contributed by atoms with Crippen molar-refractivity contribution in [2.24, 2.45) is 5.92 Å². The third-order valence-electron chi connectivity index (χ3n) is 4.41. The molecule has 0 heterocycles. The van der Waals surface area contributed by atoms with Crippen LogP contribution < -0.4 is 0 Å². The summed E-state index contributed by atoms with van der Waals surface area (Å²) in [6, 6.07) is 0. The van der Waals surface area contributed by atoms with Crippen molar-refractivity contribution >= 4 is 5.78 Å². The number of hydrogen-bond donors (Lipinski definition) is 0. The molecule has 1 nitrogen and oxygen atoms in total. The molecule has 0 unspecified atom stereocenters. The Hall–Kier alpha value is -0.850. The van der Waals surface area contributed by atoms with Crippen LogP contribution in [-0.2, 0) is 4.79 Å². The Morgan fingerprint density at radius 1 is 0.818 bits per heavy atom. The summed E-state index contributed by atoms with van der Waals surface area (Å²) in [5.74, 6) is 0.997. The van der Waals surface area contributed by atoms with Gasteiger partial charge < -0.3 is 0 Å². The van der Waals surface area contributed by atoms with E-state index in [0.29, 0.717) is 11.7 Å². The predicted octanol–water partition coefficient (Wildman–Crippen LogP) is 6.78. The Kier molecular flexibility index (Phi) is 12.0. The summed E-state index contributed by atoms with van der Waals surface area (Å²) in [5, 5.41) is 0. The van der Waals surface area contributed by atoms with Crippen LogP contribution >= 0.6 is 0 Å². The molecule has 0 aromatic carbocycles. The van der Waals surface area contributed by atoms with Gasteiger partial charge in [-0.2, -0.15) is 0 Å². The Bertz CT molecular complexity index is 323. The van der Waals surface area contributed by atoms with Crippen molar-refractivity contribution in [1.29, 1.82) is 0 Å². The number of carbonyl (C=O) groups is 1. The lowest BCUT2D eigenvalue weighted by Crippen LogP contribution is -1.99. The van der Waals surface area contributed by atoms with Crippen LogP contribution in [0.2, 0.25) is 0 Å². The second kappa shape index (κ2) is 13.8. The molecule has 1 fully saturated rings. The summed E-state index contributed by atoms with van der Waals surface area (Å²) >= 11 is 0. The van der Waals surface area contributed by atoms with E-state index in [9.17, 15) is 4.79 Å². The molecule has 126 valence electrons. The molecule has 0 aromatic rings. The van der Waals surface area contributed by atoms with Crippen LogP contribution in [0, 0.1) is 5.92 Å². The molecular formula is C21H36O. The van der Waals surface area contributed by atoms with Gasteiger partial charge in [0.05, 0.1) is 0 Å². The first-order chi connectivity index (χ1) is 10.8. The number of ketones is 1. The van der Waals surface area contributed by atoms with Crippen molar-refractivity contribution in [1.82, 2.24) is 0 Å². The van der Waals surface area contributed by atoms with Gasteiger partial charge in [-0.1, -0.05) is 63.3 Å². The molecule has 0 spiro atoms. The average molecular weight is 305 g/mol. The van der Waals surface area contributed by atoms with Gasteiger partial charge >= 0.3 is 0 Å². The lowest BCUT2D eigenvalue weighted by molar-refractivity contribution is -0.120. The third-order valence-corrected chi connectivity index (χ3v) is 4.41. The van der Waals surface area contributed by atoms with E-state index in [1.807, 2.05) is 0 Å². The largest absolute Gasteiger partial charge is 0.299 e. The highest BCUT2D eigenvalue weighted by molar-refractivity contribution is 5.82. The first-order valence-corrected chi connectivity index (χ1v) is 9.67. The van der Waals surface area contributed by atoms with Crippen LogP contribution in [0.15, 0.2) is 24.3 Å². The van der Waals surface area contributed by atoms with Crippen LogP contribution in [0.25, 0.3) is 0 Å². The minimum absolute atomic E-state index is 0.464. The number of hydrogen-bond acceptors (Lipinski definition) is 1. The lowest BCUT2D eigenvalue weighted by atomic mass is 10.1. The zero-order valence-electron chi connectivity index (χ0n) is 14.7. The van der Waals surface area contributed by atoms with Gasteiger partial charge in [0.2, 0.25) is 0 Å². The van der Waals surface area contributed by atoms with Gasteiger partial charge in [0.15, 0.2) is 0 Å². The van der Waals surface area contributed by atoms with Gasteiger partial charge in [0.25, 0.3) is 0 Å². The monoisotopic (exact) mass is 304 g/mol. The number of rotatable bonds is 15. The molecule has 1 aliphatic carbocycles. The fraction of sp³-hybridized carbons (Fsp3) is 0.762. The summed E-state index contributed by atoms with van der Waals surface area (Å²) in [6.07, 6.45) is 26.2. The van der Waals surface area contributed by atoms with Crippen molar-refractivity contribution in [2.75, 3.05) is 0 Å². The molecule has 0 N–H and O–H groups in total. The van der Waals surface area contributed by atoms with Gasteiger partial charge in [-0.15, -0.1) is 0 Å². The molecule has 0 aliphatic heterocycles. The van der Waals surface area contributed by atoms with Crippen LogP contribution in [0.1, 0.15) is 96.8 Å². The molecule has 0 radical (unpaired) electrons. The van der Waals surface area contributed by atoms with Gasteiger partial charge in [-0.05, 0) is 51.4 Å². The fourth-order valence-electron chi connectivity index (χ4n) is 2.72. The SMILES string of the molecule is CCCCC/C=C\C/C=C\CCCCCCCC(=O)C1CC1. The normalized spacial score (nSPS) is 15.1. The first-order valence-electron chi connectivity index (χ1n) is 9.67. The van der Waals surface area contributed by atoms with E-state index in [-0.39, 0.29) is 0 Å². The van der Waals surface area contributed by atoms with Crippen LogP contribution in [0.3, 0.4) is 0 Å². The van der Waals surface area contributed by atoms with Gasteiger partial charge in [-0.3, -0.25) is 4.79 Å². The van der Waals surface area contributed by atoms with E-state index < -0.39 is 0 Å². The van der Waals surface area contributed by atoms with E-state index in [1.165, 1.54) is 70.6 Å². The quantitative estimate of drug-likeness (QED) is 0.241. The number of Topliss-reactive ketones (excluding diaryl/α,β-unsaturated/α-hetero) is 1. The third kappa shape index (κ3) is 11.8. The Labute approximate surface area is 138 Å². The molecule has 22 heavy (non-hydrogen) atoms. The van der Waals surface area contributed by atoms with Crippen LogP contribution in [-0.4, -0.2) is 5.78 Å². The molecule has 0 aromatic heterocycles. The lowest BCUT2D eigenvalue weighted by Gasteiger charge is -2.00. The molecule has 0 bridgehead atoms. The summed E-state index contributed by atoms with van der Waals surface area (Å²) in [5.41, 5.74) is 0. The summed E-state index contributed by atoms with van der Waals surface area (Å²) in [7, 11) is 0. The molecule has 0 atom stereocenters. The Morgan fingerprint density at radius 3 is 2.05 bits per heavy atom. The minimum atomic E-state index is 0.464. The van der Waals surface area contributed by atoms with E-state index in [2.05, 4.69) is 31.2 Å².